The first-order chi connectivity index (χ1) is 13.2. The Morgan fingerprint density at radius 3 is 2.85 bits per heavy atom. The number of anilines is 1. The summed E-state index contributed by atoms with van der Waals surface area (Å²) in [6.45, 7) is 2.62. The summed E-state index contributed by atoms with van der Waals surface area (Å²) in [7, 11) is 0. The lowest BCUT2D eigenvalue weighted by Crippen LogP contribution is -2.30. The van der Waals surface area contributed by atoms with E-state index in [-0.39, 0.29) is 12.5 Å². The monoisotopic (exact) mass is 428 g/mol. The molecule has 1 saturated heterocycles. The van der Waals surface area contributed by atoms with Crippen LogP contribution in [0.15, 0.2) is 41.3 Å². The Morgan fingerprint density at radius 2 is 2.04 bits per heavy atom. The number of nitrogens with zero attached hydrogens (tertiary/aromatic N) is 5. The summed E-state index contributed by atoms with van der Waals surface area (Å²) in [5.41, 5.74) is 1.74. The molecular weight excluding hydrogens is 408 g/mol. The highest BCUT2D eigenvalue weighted by atomic mass is 79.9. The molecule has 2 aromatic heterocycles. The van der Waals surface area contributed by atoms with Gasteiger partial charge in [-0.2, -0.15) is 5.10 Å². The Morgan fingerprint density at radius 1 is 1.19 bits per heavy atom. The third kappa shape index (κ3) is 4.10. The fourth-order valence-electron chi connectivity index (χ4n) is 3.39. The van der Waals surface area contributed by atoms with Crippen LogP contribution in [0.4, 0.5) is 5.82 Å². The molecule has 27 heavy (non-hydrogen) atoms. The Bertz CT molecular complexity index is 950. The number of aromatic nitrogens is 4. The van der Waals surface area contributed by atoms with Crippen LogP contribution in [0.2, 0.25) is 0 Å². The maximum Gasteiger partial charge on any atom is 0.242 e. The molecule has 1 fully saturated rings. The van der Waals surface area contributed by atoms with Gasteiger partial charge in [0.05, 0.1) is 11.6 Å². The smallest absolute Gasteiger partial charge is 0.242 e. The van der Waals surface area contributed by atoms with Crippen LogP contribution in [-0.4, -0.2) is 38.7 Å². The zero-order chi connectivity index (χ0) is 18.6. The number of hydrogen-bond donors (Lipinski definition) is 1. The molecule has 1 amide bonds. The molecule has 7 nitrogen and oxygen atoms in total. The highest BCUT2D eigenvalue weighted by molar-refractivity contribution is 9.10. The summed E-state index contributed by atoms with van der Waals surface area (Å²) in [5.74, 6) is 0.818. The summed E-state index contributed by atoms with van der Waals surface area (Å²) in [4.78, 5) is 23.5. The standard InChI is InChI=1S/C19H21BrN6O/c20-15-6-4-5-14(9-15)10-21-17(27)12-26-19-16(11-24-26)18(22-13-23-19)25-7-2-1-3-8-25/h4-6,9,11,13H,1-3,7-8,10,12H2,(H,21,27). The number of nitrogens with one attached hydrogen (secondary N) is 1. The van der Waals surface area contributed by atoms with E-state index in [2.05, 4.69) is 41.2 Å². The van der Waals surface area contributed by atoms with Crippen LogP contribution < -0.4 is 10.2 Å². The first kappa shape index (κ1) is 17.9. The van der Waals surface area contributed by atoms with Gasteiger partial charge in [-0.15, -0.1) is 0 Å². The van der Waals surface area contributed by atoms with Crippen molar-refractivity contribution in [1.82, 2.24) is 25.1 Å². The molecule has 0 bridgehead atoms. The summed E-state index contributed by atoms with van der Waals surface area (Å²) in [5, 5.41) is 8.21. The molecular formula is C19H21BrN6O. The second-order valence-corrected chi connectivity index (χ2v) is 7.61. The zero-order valence-electron chi connectivity index (χ0n) is 14.9. The lowest BCUT2D eigenvalue weighted by atomic mass is 10.1. The maximum atomic E-state index is 12.4. The minimum absolute atomic E-state index is 0.0990. The first-order valence-corrected chi connectivity index (χ1v) is 9.92. The average molecular weight is 429 g/mol. The Balaban J connectivity index is 1.46. The van der Waals surface area contributed by atoms with Crippen LogP contribution in [0.3, 0.4) is 0 Å². The Labute approximate surface area is 165 Å². The van der Waals surface area contributed by atoms with Gasteiger partial charge in [-0.3, -0.25) is 4.79 Å². The lowest BCUT2D eigenvalue weighted by molar-refractivity contribution is -0.121. The average Bonchev–Trinajstić information content (AvgIpc) is 3.10. The third-order valence-electron chi connectivity index (χ3n) is 4.74. The van der Waals surface area contributed by atoms with Crippen molar-refractivity contribution in [3.8, 4) is 0 Å². The van der Waals surface area contributed by atoms with Gasteiger partial charge in [0.15, 0.2) is 5.65 Å². The molecule has 0 radical (unpaired) electrons. The predicted molar refractivity (Wildman–Crippen MR) is 107 cm³/mol. The SMILES string of the molecule is O=C(Cn1ncc2c(N3CCCCC3)ncnc21)NCc1cccc(Br)c1. The van der Waals surface area contributed by atoms with Gasteiger partial charge in [-0.05, 0) is 37.0 Å². The van der Waals surface area contributed by atoms with Gasteiger partial charge in [0.25, 0.3) is 0 Å². The third-order valence-corrected chi connectivity index (χ3v) is 5.23. The van der Waals surface area contributed by atoms with Crippen molar-refractivity contribution in [2.24, 2.45) is 0 Å². The number of amides is 1. The van der Waals surface area contributed by atoms with Gasteiger partial charge in [0.1, 0.15) is 18.7 Å². The van der Waals surface area contributed by atoms with E-state index in [1.54, 1.807) is 17.2 Å². The molecule has 1 N–H and O–H groups in total. The number of piperidine rings is 1. The number of rotatable bonds is 5. The van der Waals surface area contributed by atoms with Crippen molar-refractivity contribution in [1.29, 1.82) is 0 Å². The molecule has 3 aromatic rings. The quantitative estimate of drug-likeness (QED) is 0.675. The zero-order valence-corrected chi connectivity index (χ0v) is 16.5. The highest BCUT2D eigenvalue weighted by Gasteiger charge is 2.18. The van der Waals surface area contributed by atoms with Gasteiger partial charge < -0.3 is 10.2 Å². The van der Waals surface area contributed by atoms with Gasteiger partial charge in [0, 0.05) is 24.1 Å². The van der Waals surface area contributed by atoms with E-state index in [0.717, 1.165) is 34.3 Å². The van der Waals surface area contributed by atoms with Crippen LogP contribution in [0.5, 0.6) is 0 Å². The van der Waals surface area contributed by atoms with Gasteiger partial charge in [-0.25, -0.2) is 14.6 Å². The van der Waals surface area contributed by atoms with E-state index < -0.39 is 0 Å². The molecule has 0 aliphatic carbocycles. The Hall–Kier alpha value is -2.48. The van der Waals surface area contributed by atoms with Crippen molar-refractivity contribution < 1.29 is 4.79 Å². The molecule has 140 valence electrons. The number of carbonyl (C=O) groups is 1. The molecule has 0 unspecified atom stereocenters. The van der Waals surface area contributed by atoms with Gasteiger partial charge >= 0.3 is 0 Å². The van der Waals surface area contributed by atoms with Crippen LogP contribution >= 0.6 is 15.9 Å². The molecule has 1 aromatic carbocycles. The van der Waals surface area contributed by atoms with E-state index in [1.807, 2.05) is 24.3 Å². The van der Waals surface area contributed by atoms with Gasteiger partial charge in [-0.1, -0.05) is 28.1 Å². The van der Waals surface area contributed by atoms with E-state index >= 15 is 0 Å². The van der Waals surface area contributed by atoms with Crippen LogP contribution in [0.1, 0.15) is 24.8 Å². The van der Waals surface area contributed by atoms with E-state index in [1.165, 1.54) is 19.3 Å². The molecule has 0 atom stereocenters. The maximum absolute atomic E-state index is 12.4. The molecule has 0 spiro atoms. The molecule has 1 aliphatic heterocycles. The van der Waals surface area contributed by atoms with Crippen molar-refractivity contribution >= 4 is 38.7 Å². The van der Waals surface area contributed by atoms with E-state index in [0.29, 0.717) is 12.2 Å². The second kappa shape index (κ2) is 8.04. The fraction of sp³-hybridized carbons (Fsp3) is 0.368. The van der Waals surface area contributed by atoms with E-state index in [9.17, 15) is 4.79 Å². The fourth-order valence-corrected chi connectivity index (χ4v) is 3.84. The van der Waals surface area contributed by atoms with Gasteiger partial charge in [0.2, 0.25) is 5.91 Å². The molecule has 8 heteroatoms. The topological polar surface area (TPSA) is 75.9 Å². The molecule has 3 heterocycles. The molecule has 4 rings (SSSR count). The Kier molecular flexibility index (Phi) is 5.33. The van der Waals surface area contributed by atoms with Crippen molar-refractivity contribution in [3.63, 3.8) is 0 Å². The van der Waals surface area contributed by atoms with Crippen molar-refractivity contribution in [3.05, 3.63) is 46.8 Å². The van der Waals surface area contributed by atoms with Crippen molar-refractivity contribution in [2.75, 3.05) is 18.0 Å². The normalized spacial score (nSPS) is 14.5. The second-order valence-electron chi connectivity index (χ2n) is 6.69. The number of carbonyl (C=O) groups excluding carboxylic acids is 1. The number of fused-ring (bicyclic) bond motifs is 1. The minimum Gasteiger partial charge on any atom is -0.356 e. The summed E-state index contributed by atoms with van der Waals surface area (Å²) in [6, 6.07) is 7.88. The molecule has 0 saturated carbocycles. The van der Waals surface area contributed by atoms with Crippen LogP contribution in [-0.2, 0) is 17.9 Å². The summed E-state index contributed by atoms with van der Waals surface area (Å²) < 4.78 is 2.63. The van der Waals surface area contributed by atoms with Crippen LogP contribution in [0.25, 0.3) is 11.0 Å². The largest absolute Gasteiger partial charge is 0.356 e. The number of halogens is 1. The lowest BCUT2D eigenvalue weighted by Gasteiger charge is -2.27. The van der Waals surface area contributed by atoms with E-state index in [4.69, 9.17) is 0 Å². The minimum atomic E-state index is -0.0990. The molecule has 1 aliphatic rings. The van der Waals surface area contributed by atoms with Crippen molar-refractivity contribution in [2.45, 2.75) is 32.4 Å². The van der Waals surface area contributed by atoms with Crippen LogP contribution in [0, 0.1) is 0 Å². The number of hydrogen-bond acceptors (Lipinski definition) is 5. The summed E-state index contributed by atoms with van der Waals surface area (Å²) >= 11 is 3.44. The first-order valence-electron chi connectivity index (χ1n) is 9.13. The number of benzene rings is 1. The highest BCUT2D eigenvalue weighted by Crippen LogP contribution is 2.25. The predicted octanol–water partition coefficient (Wildman–Crippen LogP) is 2.90. The summed E-state index contributed by atoms with van der Waals surface area (Å²) in [6.07, 6.45) is 6.95.